The molecule has 0 aliphatic rings. The maximum Gasteiger partial charge on any atom is 0.310 e. The third kappa shape index (κ3) is 8.18. The second-order valence-corrected chi connectivity index (χ2v) is 5.92. The molecule has 0 aliphatic carbocycles. The van der Waals surface area contributed by atoms with Crippen LogP contribution in [0.3, 0.4) is 0 Å². The minimum atomic E-state index is -0.262. The lowest BCUT2D eigenvalue weighted by Gasteiger charge is -2.26. The van der Waals surface area contributed by atoms with E-state index in [1.54, 1.807) is 0 Å². The van der Waals surface area contributed by atoms with E-state index in [0.29, 0.717) is 18.9 Å². The maximum absolute atomic E-state index is 12.2. The number of hydrogen-bond donors (Lipinski definition) is 0. The van der Waals surface area contributed by atoms with Crippen molar-refractivity contribution in [2.24, 2.45) is 11.8 Å². The largest absolute Gasteiger partial charge is 0.469 e. The van der Waals surface area contributed by atoms with Crippen LogP contribution in [0.25, 0.3) is 0 Å². The molecule has 118 valence electrons. The molecule has 0 spiro atoms. The number of rotatable bonds is 10. The van der Waals surface area contributed by atoms with Crippen LogP contribution in [0.4, 0.5) is 0 Å². The van der Waals surface area contributed by atoms with Gasteiger partial charge in [-0.1, -0.05) is 47.0 Å². The Morgan fingerprint density at radius 2 is 1.75 bits per heavy atom. The van der Waals surface area contributed by atoms with Crippen molar-refractivity contribution in [3.8, 4) is 0 Å². The van der Waals surface area contributed by atoms with Gasteiger partial charge in [-0.15, -0.1) is 0 Å². The standard InChI is InChI=1S/C16H31NO3/c1-6-7-8-9-10-17(15(18)11-13(2)3)12-14(4)16(19)20-5/h13-14H,6-12H2,1-5H3. The lowest BCUT2D eigenvalue weighted by atomic mass is 10.1. The van der Waals surface area contributed by atoms with Gasteiger partial charge in [-0.2, -0.15) is 0 Å². The van der Waals surface area contributed by atoms with Gasteiger partial charge in [0.05, 0.1) is 13.0 Å². The Morgan fingerprint density at radius 3 is 2.25 bits per heavy atom. The Kier molecular flexibility index (Phi) is 10.1. The van der Waals surface area contributed by atoms with Gasteiger partial charge in [-0.05, 0) is 12.3 Å². The fraction of sp³-hybridized carbons (Fsp3) is 0.875. The summed E-state index contributed by atoms with van der Waals surface area (Å²) in [5.74, 6) is -0.0236. The highest BCUT2D eigenvalue weighted by Crippen LogP contribution is 2.10. The quantitative estimate of drug-likeness (QED) is 0.457. The molecule has 0 fully saturated rings. The first-order valence-corrected chi connectivity index (χ1v) is 7.77. The van der Waals surface area contributed by atoms with Gasteiger partial charge in [0.25, 0.3) is 0 Å². The van der Waals surface area contributed by atoms with Crippen LogP contribution in [0.15, 0.2) is 0 Å². The van der Waals surface area contributed by atoms with Crippen molar-refractivity contribution in [2.45, 2.75) is 59.8 Å². The van der Waals surface area contributed by atoms with Gasteiger partial charge in [0.15, 0.2) is 0 Å². The summed E-state index contributed by atoms with van der Waals surface area (Å²) in [6.45, 7) is 9.26. The molecule has 0 rings (SSSR count). The van der Waals surface area contributed by atoms with E-state index in [-0.39, 0.29) is 17.8 Å². The Hall–Kier alpha value is -1.06. The Balaban J connectivity index is 4.44. The zero-order valence-electron chi connectivity index (χ0n) is 13.8. The summed E-state index contributed by atoms with van der Waals surface area (Å²) in [4.78, 5) is 25.6. The zero-order chi connectivity index (χ0) is 15.5. The van der Waals surface area contributed by atoms with E-state index < -0.39 is 0 Å². The average molecular weight is 285 g/mol. The second-order valence-electron chi connectivity index (χ2n) is 5.92. The molecule has 0 radical (unpaired) electrons. The van der Waals surface area contributed by atoms with Gasteiger partial charge in [0.1, 0.15) is 0 Å². The van der Waals surface area contributed by atoms with Crippen molar-refractivity contribution in [1.82, 2.24) is 4.90 Å². The molecule has 1 amide bonds. The number of methoxy groups -OCH3 is 1. The van der Waals surface area contributed by atoms with Crippen molar-refractivity contribution in [1.29, 1.82) is 0 Å². The van der Waals surface area contributed by atoms with Gasteiger partial charge in [0.2, 0.25) is 5.91 Å². The maximum atomic E-state index is 12.2. The number of ether oxygens (including phenoxy) is 1. The molecule has 0 aromatic rings. The molecule has 0 saturated carbocycles. The molecule has 0 heterocycles. The summed E-state index contributed by atoms with van der Waals surface area (Å²) < 4.78 is 4.74. The van der Waals surface area contributed by atoms with Crippen LogP contribution in [0.5, 0.6) is 0 Å². The zero-order valence-corrected chi connectivity index (χ0v) is 13.8. The first-order valence-electron chi connectivity index (χ1n) is 7.77. The molecule has 0 aliphatic heterocycles. The number of nitrogens with zero attached hydrogens (tertiary/aromatic N) is 1. The van der Waals surface area contributed by atoms with E-state index in [4.69, 9.17) is 4.74 Å². The van der Waals surface area contributed by atoms with Crippen molar-refractivity contribution < 1.29 is 14.3 Å². The fourth-order valence-electron chi connectivity index (χ4n) is 2.13. The number of carbonyl (C=O) groups excluding carboxylic acids is 2. The van der Waals surface area contributed by atoms with Crippen molar-refractivity contribution in [2.75, 3.05) is 20.2 Å². The van der Waals surface area contributed by atoms with E-state index in [1.807, 2.05) is 25.7 Å². The molecule has 1 atom stereocenters. The molecule has 20 heavy (non-hydrogen) atoms. The summed E-state index contributed by atoms with van der Waals surface area (Å²) in [5, 5.41) is 0. The highest BCUT2D eigenvalue weighted by Gasteiger charge is 2.21. The van der Waals surface area contributed by atoms with Crippen LogP contribution in [0, 0.1) is 11.8 Å². The van der Waals surface area contributed by atoms with Gasteiger partial charge in [-0.3, -0.25) is 9.59 Å². The van der Waals surface area contributed by atoms with Crippen molar-refractivity contribution in [3.63, 3.8) is 0 Å². The summed E-state index contributed by atoms with van der Waals surface area (Å²) in [6.07, 6.45) is 5.05. The molecule has 0 N–H and O–H groups in total. The predicted molar refractivity (Wildman–Crippen MR) is 81.4 cm³/mol. The van der Waals surface area contributed by atoms with Crippen molar-refractivity contribution >= 4 is 11.9 Å². The van der Waals surface area contributed by atoms with E-state index in [2.05, 4.69) is 6.92 Å². The van der Waals surface area contributed by atoms with Crippen LogP contribution >= 0.6 is 0 Å². The van der Waals surface area contributed by atoms with Crippen molar-refractivity contribution in [3.05, 3.63) is 0 Å². The highest BCUT2D eigenvalue weighted by molar-refractivity contribution is 5.78. The van der Waals surface area contributed by atoms with Crippen LogP contribution in [-0.2, 0) is 14.3 Å². The first kappa shape index (κ1) is 18.9. The molecule has 4 nitrogen and oxygen atoms in total. The Labute approximate surface area is 123 Å². The SMILES string of the molecule is CCCCCCN(CC(C)C(=O)OC)C(=O)CC(C)C. The summed E-state index contributed by atoms with van der Waals surface area (Å²) in [5.41, 5.74) is 0. The summed E-state index contributed by atoms with van der Waals surface area (Å²) in [6, 6.07) is 0. The predicted octanol–water partition coefficient (Wildman–Crippen LogP) is 3.25. The monoisotopic (exact) mass is 285 g/mol. The van der Waals surface area contributed by atoms with E-state index in [9.17, 15) is 9.59 Å². The van der Waals surface area contributed by atoms with Crippen LogP contribution in [-0.4, -0.2) is 37.0 Å². The topological polar surface area (TPSA) is 46.6 Å². The molecule has 0 bridgehead atoms. The van der Waals surface area contributed by atoms with E-state index in [0.717, 1.165) is 19.4 Å². The lowest BCUT2D eigenvalue weighted by molar-refractivity contribution is -0.146. The number of unbranched alkanes of at least 4 members (excludes halogenated alkanes) is 3. The fourth-order valence-corrected chi connectivity index (χ4v) is 2.13. The molecule has 0 saturated heterocycles. The van der Waals surface area contributed by atoms with Gasteiger partial charge < -0.3 is 9.64 Å². The van der Waals surface area contributed by atoms with Crippen LogP contribution < -0.4 is 0 Å². The molecule has 1 unspecified atom stereocenters. The minimum absolute atomic E-state index is 0.146. The second kappa shape index (κ2) is 10.7. The van der Waals surface area contributed by atoms with Crippen LogP contribution in [0.1, 0.15) is 59.8 Å². The van der Waals surface area contributed by atoms with Crippen LogP contribution in [0.2, 0.25) is 0 Å². The lowest BCUT2D eigenvalue weighted by Crippen LogP contribution is -2.38. The molecule has 0 aromatic heterocycles. The number of esters is 1. The number of carbonyl (C=O) groups is 2. The number of amides is 1. The first-order chi connectivity index (χ1) is 9.42. The Bertz CT molecular complexity index is 289. The summed E-state index contributed by atoms with van der Waals surface area (Å²) >= 11 is 0. The van der Waals surface area contributed by atoms with Gasteiger partial charge in [0, 0.05) is 19.5 Å². The molecule has 0 aromatic carbocycles. The smallest absolute Gasteiger partial charge is 0.310 e. The molecule has 4 heteroatoms. The summed E-state index contributed by atoms with van der Waals surface area (Å²) in [7, 11) is 1.39. The highest BCUT2D eigenvalue weighted by atomic mass is 16.5. The van der Waals surface area contributed by atoms with E-state index >= 15 is 0 Å². The van der Waals surface area contributed by atoms with Gasteiger partial charge in [-0.25, -0.2) is 0 Å². The number of hydrogen-bond acceptors (Lipinski definition) is 3. The minimum Gasteiger partial charge on any atom is -0.469 e. The van der Waals surface area contributed by atoms with Gasteiger partial charge >= 0.3 is 5.97 Å². The Morgan fingerprint density at radius 1 is 1.10 bits per heavy atom. The molecular formula is C16H31NO3. The molecular weight excluding hydrogens is 254 g/mol. The third-order valence-electron chi connectivity index (χ3n) is 3.31. The third-order valence-corrected chi connectivity index (χ3v) is 3.31. The normalized spacial score (nSPS) is 12.3. The van der Waals surface area contributed by atoms with E-state index in [1.165, 1.54) is 20.0 Å². The average Bonchev–Trinajstić information content (AvgIpc) is 2.40.